The number of halogens is 4. The Bertz CT molecular complexity index is 2920. The van der Waals surface area contributed by atoms with Crippen molar-refractivity contribution in [3.63, 3.8) is 0 Å². The van der Waals surface area contributed by atoms with E-state index in [1.165, 1.54) is 16.7 Å². The summed E-state index contributed by atoms with van der Waals surface area (Å²) in [6, 6.07) is 25.9. The Morgan fingerprint density at radius 2 is 1.07 bits per heavy atom. The van der Waals surface area contributed by atoms with E-state index >= 15 is 0 Å². The molecule has 0 aliphatic carbocycles. The summed E-state index contributed by atoms with van der Waals surface area (Å²) < 4.78 is 12.2. The minimum Gasteiger partial charge on any atom is -1.00 e. The second-order valence-electron chi connectivity index (χ2n) is 19.5. The maximum atomic E-state index is 12.4. The molecule has 0 bridgehead atoms. The molecule has 0 radical (unpaired) electrons. The van der Waals surface area contributed by atoms with Crippen LogP contribution in [-0.4, -0.2) is 70.2 Å². The third kappa shape index (κ3) is 21.1. The van der Waals surface area contributed by atoms with E-state index in [0.717, 1.165) is 118 Å². The molecule has 0 saturated carbocycles. The first-order valence-electron chi connectivity index (χ1n) is 26.6. The van der Waals surface area contributed by atoms with Gasteiger partial charge in [-0.15, -0.1) is 0 Å². The summed E-state index contributed by atoms with van der Waals surface area (Å²) in [5, 5.41) is 3.12. The van der Waals surface area contributed by atoms with Crippen molar-refractivity contribution in [3.05, 3.63) is 182 Å². The van der Waals surface area contributed by atoms with Gasteiger partial charge in [-0.3, -0.25) is 9.78 Å². The van der Waals surface area contributed by atoms with E-state index in [1.807, 2.05) is 121 Å². The summed E-state index contributed by atoms with van der Waals surface area (Å²) in [5.74, 6) is 6.11. The molecule has 8 aromatic heterocycles. The van der Waals surface area contributed by atoms with Crippen LogP contribution in [0.3, 0.4) is 0 Å². The minimum atomic E-state index is 0. The van der Waals surface area contributed by atoms with Crippen molar-refractivity contribution in [3.8, 4) is 34.8 Å². The molecule has 15 nitrogen and oxygen atoms in total. The molecule has 0 aliphatic rings. The number of imidazole rings is 5. The van der Waals surface area contributed by atoms with Crippen molar-refractivity contribution in [2.45, 2.75) is 116 Å². The molecule has 432 valence electrons. The molecule has 20 heteroatoms. The van der Waals surface area contributed by atoms with Gasteiger partial charge in [0.2, 0.25) is 5.91 Å². The van der Waals surface area contributed by atoms with Gasteiger partial charge < -0.3 is 77.8 Å². The van der Waals surface area contributed by atoms with Gasteiger partial charge >= 0.3 is 0 Å². The van der Waals surface area contributed by atoms with Crippen LogP contribution >= 0.6 is 0 Å². The van der Waals surface area contributed by atoms with Gasteiger partial charge in [-0.2, -0.15) is 0 Å². The summed E-state index contributed by atoms with van der Waals surface area (Å²) in [6.45, 7) is 9.28. The van der Waals surface area contributed by atoms with Gasteiger partial charge in [0, 0.05) is 166 Å². The minimum absolute atomic E-state index is 0. The first-order chi connectivity index (χ1) is 36.6. The summed E-state index contributed by atoms with van der Waals surface area (Å²) in [4.78, 5) is 42.7. The number of amides is 1. The van der Waals surface area contributed by atoms with E-state index in [1.54, 1.807) is 24.8 Å². The number of carbonyl (C=O) groups excluding carboxylic acids is 1. The Morgan fingerprint density at radius 1 is 0.550 bits per heavy atom. The maximum absolute atomic E-state index is 12.4. The number of benzene rings is 1. The molecule has 0 aliphatic heterocycles. The zero-order chi connectivity index (χ0) is 52.8. The fraction of sp³-hybridized carbons (Fsp3) is 0.383. The van der Waals surface area contributed by atoms with Crippen LogP contribution in [0.4, 0.5) is 0 Å². The van der Waals surface area contributed by atoms with Crippen LogP contribution in [0.25, 0.3) is 34.8 Å². The van der Waals surface area contributed by atoms with Gasteiger partial charge in [0.05, 0.1) is 0 Å². The first-order valence-corrected chi connectivity index (χ1v) is 26.6. The van der Waals surface area contributed by atoms with Crippen molar-refractivity contribution in [1.82, 2.24) is 63.0 Å². The molecule has 80 heavy (non-hydrogen) atoms. The van der Waals surface area contributed by atoms with E-state index in [4.69, 9.17) is 0 Å². The summed E-state index contributed by atoms with van der Waals surface area (Å²) in [6.07, 6.45) is 37.0. The Hall–Kier alpha value is -6.01. The average Bonchev–Trinajstić information content (AvgIpc) is 4.32. The zero-order valence-corrected chi connectivity index (χ0v) is 52.6. The monoisotopic (exact) mass is 1340 g/mol. The van der Waals surface area contributed by atoms with Crippen molar-refractivity contribution < 1.29 is 78.8 Å². The van der Waals surface area contributed by atoms with Crippen LogP contribution in [0.15, 0.2) is 160 Å². The van der Waals surface area contributed by atoms with Gasteiger partial charge in [0.25, 0.3) is 0 Å². The number of unbranched alkanes of at least 4 members (excludes halogenated alkanes) is 4. The zero-order valence-electron chi connectivity index (χ0n) is 47.0. The summed E-state index contributed by atoms with van der Waals surface area (Å²) >= 11 is 0. The normalized spacial score (nSPS) is 11.5. The number of nitrogens with one attached hydrogen (secondary N) is 1. The van der Waals surface area contributed by atoms with Gasteiger partial charge in [0.15, 0.2) is 41.5 Å². The molecule has 3 atom stereocenters. The molecule has 3 unspecified atom stereocenters. The quantitative estimate of drug-likeness (QED) is 0.0635. The first kappa shape index (κ1) is 70.1. The molecule has 8 heterocycles. The van der Waals surface area contributed by atoms with Gasteiger partial charge in [-0.25, -0.2) is 34.5 Å². The molecule has 9 rings (SSSR count). The molecular formula is C60H77Cl4N14OOs-3. The largest absolute Gasteiger partial charge is 1.00 e. The molecule has 0 spiro atoms. The molecule has 1 aromatic carbocycles. The predicted octanol–water partition coefficient (Wildman–Crippen LogP) is -1.00. The average molecular weight is 1340 g/mol. The molecule has 9 aromatic rings. The van der Waals surface area contributed by atoms with Crippen molar-refractivity contribution in [2.75, 3.05) is 6.54 Å². The van der Waals surface area contributed by atoms with Crippen molar-refractivity contribution in [1.29, 1.82) is 0 Å². The summed E-state index contributed by atoms with van der Waals surface area (Å²) in [7, 11) is 7.82. The smallest absolute Gasteiger partial charge is 0.219 e. The Morgan fingerprint density at radius 3 is 1.60 bits per heavy atom. The van der Waals surface area contributed by atoms with E-state index in [0.29, 0.717) is 24.2 Å². The fourth-order valence-corrected chi connectivity index (χ4v) is 9.49. The third-order valence-electron chi connectivity index (χ3n) is 13.9. The Balaban J connectivity index is 0.000000615. The molecule has 1 N–H and O–H groups in total. The molecular weight excluding hydrogens is 1260 g/mol. The molecule has 0 saturated heterocycles. The van der Waals surface area contributed by atoms with E-state index in [-0.39, 0.29) is 75.3 Å². The SMILES string of the molecule is CCC(CC(CC(C)c1ccccc1)c1ccncc1)c1cc[n+](CCCCC(=O)NCCCCCCn2ccnc2-c2cccc(C)n2)cc1.Cn1ccnc1-c1nccn1C.Cn1ccnc1-c1nccn1C.[Cl-].[Cl-].[Cl-].[Cl-].[Os]. The maximum Gasteiger partial charge on any atom is 0.219 e. The van der Waals surface area contributed by atoms with Gasteiger partial charge in [-0.1, -0.05) is 63.1 Å². The second kappa shape index (κ2) is 37.1. The van der Waals surface area contributed by atoms with Crippen LogP contribution in [0.2, 0.25) is 0 Å². The topological polar surface area (TPSA) is 148 Å². The van der Waals surface area contributed by atoms with Crippen molar-refractivity contribution in [2.24, 2.45) is 28.2 Å². The van der Waals surface area contributed by atoms with Crippen molar-refractivity contribution >= 4 is 5.91 Å². The van der Waals surface area contributed by atoms with Crippen LogP contribution < -0.4 is 59.5 Å². The van der Waals surface area contributed by atoms with Crippen LogP contribution in [0, 0.1) is 6.92 Å². The molecule has 1 amide bonds. The number of aromatic nitrogens is 13. The van der Waals surface area contributed by atoms with E-state index in [2.05, 4.69) is 130 Å². The van der Waals surface area contributed by atoms with Crippen LogP contribution in [-0.2, 0) is 65.9 Å². The van der Waals surface area contributed by atoms with E-state index < -0.39 is 0 Å². The fourth-order valence-electron chi connectivity index (χ4n) is 9.49. The van der Waals surface area contributed by atoms with E-state index in [9.17, 15) is 4.79 Å². The number of nitrogens with zero attached hydrogens (tertiary/aromatic N) is 13. The predicted molar refractivity (Wildman–Crippen MR) is 297 cm³/mol. The molecule has 0 fully saturated rings. The Labute approximate surface area is 511 Å². The number of carbonyl (C=O) groups is 1. The van der Waals surface area contributed by atoms with Gasteiger partial charge in [-0.05, 0) is 104 Å². The summed E-state index contributed by atoms with van der Waals surface area (Å²) in [5.41, 5.74) is 6.12. The number of hydrogen-bond acceptors (Lipinski definition) is 8. The number of hydrogen-bond donors (Lipinski definition) is 1. The number of pyridine rings is 3. The number of rotatable bonds is 23. The Kier molecular flexibility index (Phi) is 32.5. The van der Waals surface area contributed by atoms with Crippen LogP contribution in [0.5, 0.6) is 0 Å². The standard InChI is InChI=1S/C44H56N6O.2C8H10N4.4ClH.Os/c1-4-37(34-41(39-20-25-45-26-21-39)33-35(2)38-16-8-7-9-17-38)40-22-30-49(31-23-40)28-13-10-19-43(51)46-24-11-5-6-12-29-50-32-27-47-44(50)42-18-14-15-36(3)48-42;2*1-11-5-3-9-7(11)8-10-4-6-12(8)2;;;;;/h7-9,14-18,20-23,25-27,30-32,35,37,41H,4-6,10-13,19,24,28-29,33-34H2,1-3H3;2*3-6H,1-2H3;4*1H;/p-3. The second-order valence-corrected chi connectivity index (χ2v) is 19.5. The van der Waals surface area contributed by atoms with Gasteiger partial charge in [0.1, 0.15) is 12.2 Å². The van der Waals surface area contributed by atoms with Crippen LogP contribution in [0.1, 0.15) is 118 Å². The number of aryl methyl sites for hydroxylation is 7. The third-order valence-corrected chi connectivity index (χ3v) is 13.9.